The maximum absolute atomic E-state index is 6.10. The zero-order valence-corrected chi connectivity index (χ0v) is 12.6. The van der Waals surface area contributed by atoms with Gasteiger partial charge in [-0.15, -0.1) is 0 Å². The molecule has 1 nitrogen and oxygen atoms in total. The minimum atomic E-state index is 0.134. The summed E-state index contributed by atoms with van der Waals surface area (Å²) in [6.45, 7) is 4.43. The maximum Gasteiger partial charge on any atom is 0.0439 e. The van der Waals surface area contributed by atoms with Crippen molar-refractivity contribution in [2.24, 2.45) is 11.7 Å². The predicted molar refractivity (Wildman–Crippen MR) is 80.3 cm³/mol. The minimum Gasteiger partial charge on any atom is -0.327 e. The SMILES string of the molecule is CC(C)CSCC(N)Cc1cc(Cl)ccc1Cl. The van der Waals surface area contributed by atoms with Crippen LogP contribution in [0, 0.1) is 5.92 Å². The lowest BCUT2D eigenvalue weighted by Gasteiger charge is -2.13. The minimum absolute atomic E-state index is 0.134. The van der Waals surface area contributed by atoms with Gasteiger partial charge in [-0.2, -0.15) is 11.8 Å². The van der Waals surface area contributed by atoms with Crippen LogP contribution in [0.5, 0.6) is 0 Å². The first-order chi connectivity index (χ1) is 7.99. The molecule has 1 unspecified atom stereocenters. The van der Waals surface area contributed by atoms with E-state index < -0.39 is 0 Å². The lowest BCUT2D eigenvalue weighted by molar-refractivity contribution is 0.732. The molecule has 0 bridgehead atoms. The molecule has 2 N–H and O–H groups in total. The van der Waals surface area contributed by atoms with E-state index in [1.54, 1.807) is 6.07 Å². The Bertz CT molecular complexity index is 355. The smallest absolute Gasteiger partial charge is 0.0439 e. The first kappa shape index (κ1) is 15.2. The number of nitrogens with two attached hydrogens (primary N) is 1. The summed E-state index contributed by atoms with van der Waals surface area (Å²) in [5.74, 6) is 2.82. The van der Waals surface area contributed by atoms with E-state index in [1.807, 2.05) is 23.9 Å². The van der Waals surface area contributed by atoms with Crippen LogP contribution in [0.1, 0.15) is 19.4 Å². The highest BCUT2D eigenvalue weighted by Gasteiger charge is 2.08. The molecular weight excluding hydrogens is 273 g/mol. The first-order valence-electron chi connectivity index (χ1n) is 5.76. The van der Waals surface area contributed by atoms with Crippen LogP contribution in [-0.2, 0) is 6.42 Å². The van der Waals surface area contributed by atoms with Gasteiger partial charge < -0.3 is 5.73 Å². The third-order valence-corrected chi connectivity index (χ3v) is 4.44. The second kappa shape index (κ2) is 7.52. The molecule has 0 saturated carbocycles. The summed E-state index contributed by atoms with van der Waals surface area (Å²) in [6, 6.07) is 5.66. The van der Waals surface area contributed by atoms with Gasteiger partial charge in [0.15, 0.2) is 0 Å². The van der Waals surface area contributed by atoms with Crippen LogP contribution in [0.2, 0.25) is 10.0 Å². The molecule has 0 aliphatic rings. The molecule has 1 aromatic carbocycles. The molecule has 0 aliphatic heterocycles. The Hall–Kier alpha value is 0.110. The van der Waals surface area contributed by atoms with Crippen molar-refractivity contribution < 1.29 is 0 Å². The summed E-state index contributed by atoms with van der Waals surface area (Å²) in [7, 11) is 0. The van der Waals surface area contributed by atoms with Crippen molar-refractivity contribution in [2.45, 2.75) is 26.3 Å². The van der Waals surface area contributed by atoms with Crippen LogP contribution < -0.4 is 5.73 Å². The van der Waals surface area contributed by atoms with E-state index in [-0.39, 0.29) is 6.04 Å². The molecule has 1 aromatic rings. The summed E-state index contributed by atoms with van der Waals surface area (Å²) >= 11 is 13.9. The molecule has 1 rings (SSSR count). The number of benzene rings is 1. The summed E-state index contributed by atoms with van der Waals surface area (Å²) < 4.78 is 0. The molecule has 0 aliphatic carbocycles. The van der Waals surface area contributed by atoms with Crippen LogP contribution in [0.4, 0.5) is 0 Å². The summed E-state index contributed by atoms with van der Waals surface area (Å²) in [5, 5.41) is 1.46. The summed E-state index contributed by atoms with van der Waals surface area (Å²) in [4.78, 5) is 0. The van der Waals surface area contributed by atoms with Gasteiger partial charge in [0.05, 0.1) is 0 Å². The molecule has 0 fully saturated rings. The maximum atomic E-state index is 6.10. The van der Waals surface area contributed by atoms with Gasteiger partial charge in [0.2, 0.25) is 0 Å². The predicted octanol–water partition coefficient (Wildman–Crippen LogP) is 4.25. The zero-order valence-electron chi connectivity index (χ0n) is 10.2. The normalized spacial score (nSPS) is 13.1. The van der Waals surface area contributed by atoms with Gasteiger partial charge >= 0.3 is 0 Å². The lowest BCUT2D eigenvalue weighted by Crippen LogP contribution is -2.26. The van der Waals surface area contributed by atoms with E-state index in [0.29, 0.717) is 10.9 Å². The van der Waals surface area contributed by atoms with Crippen molar-refractivity contribution in [1.82, 2.24) is 0 Å². The third kappa shape index (κ3) is 6.01. The average molecular weight is 292 g/mol. The number of thioether (sulfide) groups is 1. The van der Waals surface area contributed by atoms with Gasteiger partial charge in [-0.25, -0.2) is 0 Å². The number of hydrogen-bond acceptors (Lipinski definition) is 2. The highest BCUT2D eigenvalue weighted by Crippen LogP contribution is 2.22. The van der Waals surface area contributed by atoms with Gasteiger partial charge in [0.25, 0.3) is 0 Å². The topological polar surface area (TPSA) is 26.0 Å². The number of halogens is 2. The third-order valence-electron chi connectivity index (χ3n) is 2.27. The Labute approximate surface area is 118 Å². The fraction of sp³-hybridized carbons (Fsp3) is 0.538. The molecule has 17 heavy (non-hydrogen) atoms. The van der Waals surface area contributed by atoms with Crippen molar-refractivity contribution >= 4 is 35.0 Å². The fourth-order valence-electron chi connectivity index (χ4n) is 1.50. The molecule has 0 amide bonds. The van der Waals surface area contributed by atoms with E-state index in [0.717, 1.165) is 28.5 Å². The van der Waals surface area contributed by atoms with Crippen molar-refractivity contribution in [3.63, 3.8) is 0 Å². The highest BCUT2D eigenvalue weighted by atomic mass is 35.5. The lowest BCUT2D eigenvalue weighted by atomic mass is 10.1. The summed E-state index contributed by atoms with van der Waals surface area (Å²) in [6.07, 6.45) is 0.782. The molecule has 96 valence electrons. The van der Waals surface area contributed by atoms with Gasteiger partial charge in [-0.3, -0.25) is 0 Å². The van der Waals surface area contributed by atoms with Crippen LogP contribution in [-0.4, -0.2) is 17.5 Å². The highest BCUT2D eigenvalue weighted by molar-refractivity contribution is 7.99. The van der Waals surface area contributed by atoms with Gasteiger partial charge in [-0.05, 0) is 41.9 Å². The van der Waals surface area contributed by atoms with Crippen LogP contribution in [0.25, 0.3) is 0 Å². The molecule has 4 heteroatoms. The quantitative estimate of drug-likeness (QED) is 0.848. The monoisotopic (exact) mass is 291 g/mol. The number of hydrogen-bond donors (Lipinski definition) is 1. The van der Waals surface area contributed by atoms with Gasteiger partial charge in [0.1, 0.15) is 0 Å². The van der Waals surface area contributed by atoms with E-state index in [1.165, 1.54) is 0 Å². The van der Waals surface area contributed by atoms with Gasteiger partial charge in [0, 0.05) is 21.8 Å². The second-order valence-electron chi connectivity index (χ2n) is 4.63. The molecule has 0 aromatic heterocycles. The van der Waals surface area contributed by atoms with Crippen molar-refractivity contribution in [3.8, 4) is 0 Å². The second-order valence-corrected chi connectivity index (χ2v) is 6.55. The van der Waals surface area contributed by atoms with E-state index in [9.17, 15) is 0 Å². The van der Waals surface area contributed by atoms with Crippen molar-refractivity contribution in [2.75, 3.05) is 11.5 Å². The van der Waals surface area contributed by atoms with Crippen molar-refractivity contribution in [3.05, 3.63) is 33.8 Å². The Balaban J connectivity index is 2.44. The Kier molecular flexibility index (Phi) is 6.71. The van der Waals surface area contributed by atoms with Crippen LogP contribution >= 0.6 is 35.0 Å². The van der Waals surface area contributed by atoms with E-state index in [4.69, 9.17) is 28.9 Å². The summed E-state index contributed by atoms with van der Waals surface area (Å²) in [5.41, 5.74) is 7.13. The number of rotatable bonds is 6. The molecular formula is C13H19Cl2NS. The average Bonchev–Trinajstić information content (AvgIpc) is 2.23. The van der Waals surface area contributed by atoms with Crippen LogP contribution in [0.3, 0.4) is 0 Å². The Morgan fingerprint density at radius 3 is 2.59 bits per heavy atom. The largest absolute Gasteiger partial charge is 0.327 e. The van der Waals surface area contributed by atoms with E-state index >= 15 is 0 Å². The molecule has 0 saturated heterocycles. The van der Waals surface area contributed by atoms with Crippen molar-refractivity contribution in [1.29, 1.82) is 0 Å². The van der Waals surface area contributed by atoms with Gasteiger partial charge in [-0.1, -0.05) is 37.0 Å². The van der Waals surface area contributed by atoms with Crippen LogP contribution in [0.15, 0.2) is 18.2 Å². The zero-order chi connectivity index (χ0) is 12.8. The van der Waals surface area contributed by atoms with E-state index in [2.05, 4.69) is 13.8 Å². The molecule has 0 radical (unpaired) electrons. The molecule has 0 heterocycles. The molecule has 0 spiro atoms. The Morgan fingerprint density at radius 2 is 1.94 bits per heavy atom. The Morgan fingerprint density at radius 1 is 1.24 bits per heavy atom. The standard InChI is InChI=1S/C13H19Cl2NS/c1-9(2)7-17-8-12(16)6-10-5-11(14)3-4-13(10)15/h3-5,9,12H,6-8,16H2,1-2H3. The first-order valence-corrected chi connectivity index (χ1v) is 7.67. The fourth-order valence-corrected chi connectivity index (χ4v) is 2.91. The molecule has 1 atom stereocenters.